The number of hydrogen-bond acceptors (Lipinski definition) is 7. The van der Waals surface area contributed by atoms with Crippen LogP contribution in [0.15, 0.2) is 55.1 Å². The average molecular weight is 429 g/mol. The molecule has 1 saturated heterocycles. The van der Waals surface area contributed by atoms with E-state index in [1.807, 2.05) is 37.6 Å². The molecule has 0 saturated carbocycles. The minimum atomic E-state index is -0.259. The van der Waals surface area contributed by atoms with E-state index in [0.29, 0.717) is 11.4 Å². The molecule has 1 aromatic carbocycles. The van der Waals surface area contributed by atoms with Gasteiger partial charge in [-0.1, -0.05) is 12.1 Å². The molecule has 1 amide bonds. The zero-order valence-electron chi connectivity index (χ0n) is 18.1. The number of nitrogens with one attached hydrogen (secondary N) is 1. The van der Waals surface area contributed by atoms with E-state index < -0.39 is 0 Å². The van der Waals surface area contributed by atoms with Crippen molar-refractivity contribution in [3.63, 3.8) is 0 Å². The summed E-state index contributed by atoms with van der Waals surface area (Å²) in [6.07, 6.45) is 7.05. The van der Waals surface area contributed by atoms with Crippen LogP contribution in [0.1, 0.15) is 10.4 Å². The van der Waals surface area contributed by atoms with Gasteiger partial charge in [0.05, 0.1) is 18.0 Å². The van der Waals surface area contributed by atoms with E-state index in [9.17, 15) is 4.79 Å². The average Bonchev–Trinajstić information content (AvgIpc) is 3.25. The molecule has 0 aliphatic carbocycles. The maximum atomic E-state index is 12.9. The number of aromatic nitrogens is 5. The fourth-order valence-electron chi connectivity index (χ4n) is 3.82. The van der Waals surface area contributed by atoms with Crippen LogP contribution in [0.25, 0.3) is 21.9 Å². The molecule has 0 unspecified atom stereocenters. The van der Waals surface area contributed by atoms with Crippen molar-refractivity contribution in [2.45, 2.75) is 0 Å². The van der Waals surface area contributed by atoms with Crippen molar-refractivity contribution in [2.24, 2.45) is 7.05 Å². The summed E-state index contributed by atoms with van der Waals surface area (Å²) in [4.78, 5) is 21.7. The van der Waals surface area contributed by atoms with Gasteiger partial charge in [-0.2, -0.15) is 10.2 Å². The van der Waals surface area contributed by atoms with Crippen LogP contribution in [-0.4, -0.2) is 69.0 Å². The Morgan fingerprint density at radius 1 is 0.938 bits per heavy atom. The predicted octanol–water partition coefficient (Wildman–Crippen LogP) is 2.43. The molecular formula is C23H24N8O. The van der Waals surface area contributed by atoms with Crippen molar-refractivity contribution in [3.8, 4) is 11.1 Å². The molecule has 4 aromatic rings. The lowest BCUT2D eigenvalue weighted by Gasteiger charge is -2.32. The van der Waals surface area contributed by atoms with Crippen LogP contribution in [-0.2, 0) is 7.05 Å². The molecule has 9 heteroatoms. The summed E-state index contributed by atoms with van der Waals surface area (Å²) < 4.78 is 1.77. The highest BCUT2D eigenvalue weighted by atomic mass is 16.1. The van der Waals surface area contributed by atoms with E-state index >= 15 is 0 Å². The van der Waals surface area contributed by atoms with E-state index in [-0.39, 0.29) is 5.91 Å². The normalized spacial score (nSPS) is 14.6. The summed E-state index contributed by atoms with van der Waals surface area (Å²) in [5.41, 5.74) is 2.56. The Balaban J connectivity index is 1.36. The Morgan fingerprint density at radius 2 is 1.78 bits per heavy atom. The molecule has 0 atom stereocenters. The third-order valence-corrected chi connectivity index (χ3v) is 5.73. The lowest BCUT2D eigenvalue weighted by molar-refractivity contribution is 0.102. The minimum Gasteiger partial charge on any atom is -0.353 e. The number of likely N-dealkylation sites (N-methyl/N-ethyl adjacent to an activating group) is 1. The Bertz CT molecular complexity index is 1280. The van der Waals surface area contributed by atoms with Crippen molar-refractivity contribution in [2.75, 3.05) is 43.4 Å². The van der Waals surface area contributed by atoms with Crippen molar-refractivity contribution < 1.29 is 4.79 Å². The molecule has 1 aliphatic heterocycles. The van der Waals surface area contributed by atoms with Crippen molar-refractivity contribution in [3.05, 3.63) is 60.7 Å². The molecule has 1 aliphatic rings. The second kappa shape index (κ2) is 8.35. The fraction of sp³-hybridized carbons (Fsp3) is 0.261. The van der Waals surface area contributed by atoms with Gasteiger partial charge >= 0.3 is 0 Å². The van der Waals surface area contributed by atoms with Crippen molar-refractivity contribution in [1.29, 1.82) is 0 Å². The number of carbonyl (C=O) groups excluding carboxylic acids is 1. The second-order valence-electron chi connectivity index (χ2n) is 8.08. The number of benzene rings is 1. The van der Waals surface area contributed by atoms with Crippen LogP contribution in [0.2, 0.25) is 0 Å². The van der Waals surface area contributed by atoms with Crippen LogP contribution in [0.4, 0.5) is 11.6 Å². The first kappa shape index (κ1) is 20.1. The van der Waals surface area contributed by atoms with E-state index in [0.717, 1.165) is 53.9 Å². The van der Waals surface area contributed by atoms with Crippen molar-refractivity contribution >= 4 is 28.3 Å². The number of piperazine rings is 1. The van der Waals surface area contributed by atoms with Gasteiger partial charge in [0.25, 0.3) is 5.91 Å². The SMILES string of the molecule is CN1CCN(c2cc(C(=O)Nc3cc4cc(-c5cnn(C)c5)ccc4cn3)cnn2)CC1. The topological polar surface area (TPSA) is 92.1 Å². The van der Waals surface area contributed by atoms with Crippen LogP contribution in [0, 0.1) is 0 Å². The molecule has 0 radical (unpaired) electrons. The number of hydrogen-bond donors (Lipinski definition) is 1. The molecule has 1 fully saturated rings. The molecule has 1 N–H and O–H groups in total. The Labute approximate surface area is 185 Å². The number of fused-ring (bicyclic) bond motifs is 1. The van der Waals surface area contributed by atoms with Crippen LogP contribution in [0.3, 0.4) is 0 Å². The first-order valence-electron chi connectivity index (χ1n) is 10.5. The zero-order chi connectivity index (χ0) is 22.1. The van der Waals surface area contributed by atoms with E-state index in [1.54, 1.807) is 16.9 Å². The van der Waals surface area contributed by atoms with Gasteiger partial charge in [0, 0.05) is 56.6 Å². The highest BCUT2D eigenvalue weighted by molar-refractivity contribution is 6.04. The first-order chi connectivity index (χ1) is 15.5. The quantitative estimate of drug-likeness (QED) is 0.534. The van der Waals surface area contributed by atoms with Gasteiger partial charge in [-0.3, -0.25) is 9.48 Å². The van der Waals surface area contributed by atoms with Crippen LogP contribution < -0.4 is 10.2 Å². The third-order valence-electron chi connectivity index (χ3n) is 5.73. The fourth-order valence-corrected chi connectivity index (χ4v) is 3.82. The summed E-state index contributed by atoms with van der Waals surface area (Å²) in [6.45, 7) is 3.64. The Morgan fingerprint density at radius 3 is 2.56 bits per heavy atom. The molecular weight excluding hydrogens is 404 g/mol. The van der Waals surface area contributed by atoms with Gasteiger partial charge in [0.15, 0.2) is 5.82 Å². The molecule has 9 nitrogen and oxygen atoms in total. The highest BCUT2D eigenvalue weighted by Gasteiger charge is 2.17. The van der Waals surface area contributed by atoms with Crippen LogP contribution in [0.5, 0.6) is 0 Å². The molecule has 0 bridgehead atoms. The first-order valence-corrected chi connectivity index (χ1v) is 10.5. The summed E-state index contributed by atoms with van der Waals surface area (Å²) in [7, 11) is 3.99. The highest BCUT2D eigenvalue weighted by Crippen LogP contribution is 2.25. The lowest BCUT2D eigenvalue weighted by atomic mass is 10.1. The zero-order valence-corrected chi connectivity index (χ0v) is 18.1. The van der Waals surface area contributed by atoms with Gasteiger partial charge in [0.1, 0.15) is 5.82 Å². The monoisotopic (exact) mass is 428 g/mol. The maximum absolute atomic E-state index is 12.9. The van der Waals surface area contributed by atoms with Gasteiger partial charge in [-0.15, -0.1) is 5.10 Å². The third kappa shape index (κ3) is 4.15. The van der Waals surface area contributed by atoms with Gasteiger partial charge in [-0.05, 0) is 36.2 Å². The van der Waals surface area contributed by atoms with Gasteiger partial charge < -0.3 is 15.1 Å². The standard InChI is InChI=1S/C23H24N8O/c1-29-5-7-31(8-6-29)22-11-19(13-25-28-22)23(32)27-21-10-18-9-16(3-4-17(18)12-24-21)20-14-26-30(2)15-20/h3-4,9-15H,5-8H2,1-2H3,(H,24,27,32). The largest absolute Gasteiger partial charge is 0.353 e. The number of carbonyl (C=O) groups is 1. The minimum absolute atomic E-state index is 0.259. The molecule has 0 spiro atoms. The Kier molecular flexibility index (Phi) is 5.24. The summed E-state index contributed by atoms with van der Waals surface area (Å²) >= 11 is 0. The number of rotatable bonds is 4. The lowest BCUT2D eigenvalue weighted by Crippen LogP contribution is -2.45. The number of amides is 1. The molecule has 5 rings (SSSR count). The van der Waals surface area contributed by atoms with Crippen LogP contribution >= 0.6 is 0 Å². The number of anilines is 2. The summed E-state index contributed by atoms with van der Waals surface area (Å²) in [5.74, 6) is 0.952. The Hall–Kier alpha value is -3.85. The van der Waals surface area contributed by atoms with Gasteiger partial charge in [-0.25, -0.2) is 4.98 Å². The van der Waals surface area contributed by atoms with E-state index in [4.69, 9.17) is 0 Å². The second-order valence-corrected chi connectivity index (χ2v) is 8.08. The van der Waals surface area contributed by atoms with E-state index in [2.05, 4.69) is 48.5 Å². The molecule has 4 heterocycles. The summed E-state index contributed by atoms with van der Waals surface area (Å²) in [6, 6.07) is 9.80. The number of aryl methyl sites for hydroxylation is 1. The van der Waals surface area contributed by atoms with E-state index in [1.165, 1.54) is 6.20 Å². The number of pyridine rings is 1. The predicted molar refractivity (Wildman–Crippen MR) is 124 cm³/mol. The molecule has 162 valence electrons. The smallest absolute Gasteiger partial charge is 0.258 e. The van der Waals surface area contributed by atoms with Gasteiger partial charge in [0.2, 0.25) is 0 Å². The molecule has 3 aromatic heterocycles. The van der Waals surface area contributed by atoms with Crippen molar-refractivity contribution in [1.82, 2.24) is 29.9 Å². The summed E-state index contributed by atoms with van der Waals surface area (Å²) in [5, 5.41) is 17.4. The molecule has 32 heavy (non-hydrogen) atoms. The maximum Gasteiger partial charge on any atom is 0.258 e. The number of nitrogens with zero attached hydrogens (tertiary/aromatic N) is 7.